The minimum atomic E-state index is -1.10. The summed E-state index contributed by atoms with van der Waals surface area (Å²) in [5.41, 5.74) is 3.17. The van der Waals surface area contributed by atoms with Gasteiger partial charge in [0.1, 0.15) is 0 Å². The van der Waals surface area contributed by atoms with Crippen LogP contribution < -0.4 is 10.2 Å². The maximum absolute atomic E-state index is 12.8. The number of nitrogens with zero attached hydrogens (tertiary/aromatic N) is 3. The molecule has 134 valence electrons. The number of likely N-dealkylation sites (N-methyl/N-ethyl adjacent to an activating group) is 1. The summed E-state index contributed by atoms with van der Waals surface area (Å²) in [6.45, 7) is 6.81. The first-order valence-electron chi connectivity index (χ1n) is 8.13. The average Bonchev–Trinajstić information content (AvgIpc) is 2.48. The lowest BCUT2D eigenvalue weighted by Crippen LogP contribution is -2.59. The highest BCUT2D eigenvalue weighted by molar-refractivity contribution is 6.32. The van der Waals surface area contributed by atoms with Gasteiger partial charge in [0.15, 0.2) is 5.92 Å². The summed E-state index contributed by atoms with van der Waals surface area (Å²) in [5, 5.41) is 2.25. The number of urea groups is 1. The number of barbiturate groups is 1. The summed E-state index contributed by atoms with van der Waals surface area (Å²) in [6, 6.07) is 3.09. The van der Waals surface area contributed by atoms with Gasteiger partial charge in [0.25, 0.3) is 5.91 Å². The Labute approximate surface area is 147 Å². The van der Waals surface area contributed by atoms with E-state index in [-0.39, 0.29) is 0 Å². The molecule has 2 rings (SSSR count). The third-order valence-corrected chi connectivity index (χ3v) is 3.99. The number of carbonyl (C=O) groups is 3. The van der Waals surface area contributed by atoms with E-state index in [1.807, 2.05) is 51.9 Å². The van der Waals surface area contributed by atoms with Crippen molar-refractivity contribution in [3.05, 3.63) is 28.8 Å². The fourth-order valence-electron chi connectivity index (χ4n) is 2.90. The van der Waals surface area contributed by atoms with Gasteiger partial charge < -0.3 is 4.90 Å². The first-order chi connectivity index (χ1) is 11.7. The van der Waals surface area contributed by atoms with Gasteiger partial charge in [-0.2, -0.15) is 0 Å². The maximum atomic E-state index is 12.8. The number of imide groups is 2. The summed E-state index contributed by atoms with van der Waals surface area (Å²) >= 11 is 0. The van der Waals surface area contributed by atoms with Gasteiger partial charge in [-0.05, 0) is 46.0 Å². The van der Waals surface area contributed by atoms with Crippen LogP contribution in [0.1, 0.15) is 16.7 Å². The van der Waals surface area contributed by atoms with Gasteiger partial charge in [-0.1, -0.05) is 17.7 Å². The van der Waals surface area contributed by atoms with E-state index in [1.165, 1.54) is 6.21 Å². The third kappa shape index (κ3) is 4.11. The average molecular weight is 344 g/mol. The molecule has 0 bridgehead atoms. The Morgan fingerprint density at radius 2 is 1.76 bits per heavy atom. The van der Waals surface area contributed by atoms with Crippen LogP contribution >= 0.6 is 0 Å². The molecule has 1 aliphatic heterocycles. The van der Waals surface area contributed by atoms with Crippen LogP contribution in [0.25, 0.3) is 0 Å². The number of rotatable bonds is 5. The smallest absolute Gasteiger partial charge is 0.308 e. The highest BCUT2D eigenvalue weighted by Crippen LogP contribution is 2.29. The summed E-state index contributed by atoms with van der Waals surface area (Å²) < 4.78 is 0. The molecule has 1 aliphatic rings. The number of hydrogen-bond acceptors (Lipinski definition) is 5. The van der Waals surface area contributed by atoms with E-state index in [9.17, 15) is 14.4 Å². The van der Waals surface area contributed by atoms with Crippen LogP contribution in [0, 0.1) is 26.7 Å². The van der Waals surface area contributed by atoms with Crippen molar-refractivity contribution in [3.8, 4) is 0 Å². The molecule has 0 aromatic heterocycles. The first kappa shape index (κ1) is 18.8. The van der Waals surface area contributed by atoms with Crippen LogP contribution in [-0.2, 0) is 9.59 Å². The number of aliphatic imine (C=N–C) groups is 1. The predicted octanol–water partition coefficient (Wildman–Crippen LogP) is 1.44. The Morgan fingerprint density at radius 3 is 2.32 bits per heavy atom. The van der Waals surface area contributed by atoms with Crippen molar-refractivity contribution in [3.63, 3.8) is 0 Å². The van der Waals surface area contributed by atoms with Crippen LogP contribution in [0.3, 0.4) is 0 Å². The molecule has 1 aromatic rings. The second kappa shape index (κ2) is 7.57. The van der Waals surface area contributed by atoms with Gasteiger partial charge in [0, 0.05) is 12.8 Å². The number of aryl methyl sites for hydroxylation is 3. The van der Waals surface area contributed by atoms with Crippen molar-refractivity contribution in [2.24, 2.45) is 10.9 Å². The van der Waals surface area contributed by atoms with Gasteiger partial charge in [-0.15, -0.1) is 0 Å². The molecule has 1 aromatic carbocycles. The van der Waals surface area contributed by atoms with Crippen molar-refractivity contribution in [2.45, 2.75) is 20.8 Å². The van der Waals surface area contributed by atoms with Crippen molar-refractivity contribution in [1.29, 1.82) is 0 Å². The highest BCUT2D eigenvalue weighted by atomic mass is 16.2. The summed E-state index contributed by atoms with van der Waals surface area (Å²) in [4.78, 5) is 44.3. The van der Waals surface area contributed by atoms with Gasteiger partial charge in [0.05, 0.1) is 12.2 Å². The van der Waals surface area contributed by atoms with Crippen molar-refractivity contribution < 1.29 is 14.4 Å². The molecule has 1 saturated heterocycles. The molecule has 0 radical (unpaired) electrons. The zero-order chi connectivity index (χ0) is 18.7. The number of nitrogens with one attached hydrogen (secondary N) is 1. The number of benzene rings is 1. The largest absolute Gasteiger partial charge is 0.335 e. The van der Waals surface area contributed by atoms with E-state index in [0.29, 0.717) is 18.8 Å². The number of anilines is 1. The molecule has 0 spiro atoms. The zero-order valence-corrected chi connectivity index (χ0v) is 15.3. The van der Waals surface area contributed by atoms with E-state index in [4.69, 9.17) is 0 Å². The molecule has 7 nitrogen and oxygen atoms in total. The zero-order valence-electron chi connectivity index (χ0n) is 15.3. The molecule has 1 heterocycles. The van der Waals surface area contributed by atoms with E-state index in [1.54, 1.807) is 0 Å². The van der Waals surface area contributed by atoms with Crippen LogP contribution in [0.15, 0.2) is 17.1 Å². The molecule has 25 heavy (non-hydrogen) atoms. The number of amides is 4. The molecule has 0 aliphatic carbocycles. The molecular formula is C18H24N4O3. The Hall–Kier alpha value is -2.54. The van der Waals surface area contributed by atoms with Gasteiger partial charge in [-0.3, -0.25) is 19.9 Å². The van der Waals surface area contributed by atoms with Gasteiger partial charge in [-0.25, -0.2) is 9.69 Å². The molecule has 7 heteroatoms. The molecular weight excluding hydrogens is 320 g/mol. The minimum Gasteiger partial charge on any atom is -0.308 e. The fraction of sp³-hybridized carbons (Fsp3) is 0.444. The molecule has 4 amide bonds. The molecule has 1 N–H and O–H groups in total. The maximum Gasteiger partial charge on any atom is 0.335 e. The molecule has 1 fully saturated rings. The van der Waals surface area contributed by atoms with Crippen LogP contribution in [0.4, 0.5) is 10.5 Å². The van der Waals surface area contributed by atoms with Crippen LogP contribution in [0.2, 0.25) is 0 Å². The van der Waals surface area contributed by atoms with Gasteiger partial charge in [0.2, 0.25) is 5.91 Å². The lowest BCUT2D eigenvalue weighted by molar-refractivity contribution is -0.131. The number of carbonyl (C=O) groups excluding carboxylic acids is 3. The third-order valence-electron chi connectivity index (χ3n) is 3.99. The summed E-state index contributed by atoms with van der Waals surface area (Å²) in [7, 11) is 3.83. The van der Waals surface area contributed by atoms with Crippen molar-refractivity contribution in [1.82, 2.24) is 10.2 Å². The second-order valence-electron chi connectivity index (χ2n) is 6.55. The molecule has 1 atom stereocenters. The Kier molecular flexibility index (Phi) is 5.69. The monoisotopic (exact) mass is 344 g/mol. The summed E-state index contributed by atoms with van der Waals surface area (Å²) in [6.07, 6.45) is 1.33. The Morgan fingerprint density at radius 1 is 1.16 bits per heavy atom. The van der Waals surface area contributed by atoms with Crippen molar-refractivity contribution >= 4 is 29.7 Å². The second-order valence-corrected chi connectivity index (χ2v) is 6.55. The van der Waals surface area contributed by atoms with Gasteiger partial charge >= 0.3 is 6.03 Å². The summed E-state index contributed by atoms with van der Waals surface area (Å²) in [5.74, 6) is -2.31. The molecule has 0 saturated carbocycles. The molecule has 0 unspecified atom stereocenters. The highest BCUT2D eigenvalue weighted by Gasteiger charge is 2.41. The minimum absolute atomic E-state index is 0.473. The van der Waals surface area contributed by atoms with E-state index in [0.717, 1.165) is 21.6 Å². The standard InChI is InChI=1S/C18H24N4O3/c1-11-8-12(2)15(13(3)9-11)22-17(24)14(16(23)20-18(22)25)10-19-6-7-21(4)5/h8-10,14H,6-7H2,1-5H3,(H,20,23,25)/t14-/m0/s1. The first-order valence-corrected chi connectivity index (χ1v) is 8.13. The quantitative estimate of drug-likeness (QED) is 0.647. The lowest BCUT2D eigenvalue weighted by atomic mass is 10.0. The van der Waals surface area contributed by atoms with Crippen molar-refractivity contribution in [2.75, 3.05) is 32.1 Å². The SMILES string of the molecule is Cc1cc(C)c(N2C(=O)NC(=O)[C@H](C=NCCN(C)C)C2=O)c(C)c1. The predicted molar refractivity (Wildman–Crippen MR) is 97.1 cm³/mol. The van der Waals surface area contributed by atoms with Crippen LogP contribution in [0.5, 0.6) is 0 Å². The lowest BCUT2D eigenvalue weighted by Gasteiger charge is -2.30. The fourth-order valence-corrected chi connectivity index (χ4v) is 2.90. The van der Waals surface area contributed by atoms with E-state index < -0.39 is 23.8 Å². The topological polar surface area (TPSA) is 82.1 Å². The Balaban J connectivity index is 2.32. The van der Waals surface area contributed by atoms with Crippen LogP contribution in [-0.4, -0.2) is 56.1 Å². The number of hydrogen-bond donors (Lipinski definition) is 1. The van der Waals surface area contributed by atoms with E-state index in [2.05, 4.69) is 10.3 Å². The Bertz CT molecular complexity index is 717. The van der Waals surface area contributed by atoms with E-state index >= 15 is 0 Å². The normalized spacial score (nSPS) is 18.4.